The Morgan fingerprint density at radius 3 is 2.77 bits per heavy atom. The highest BCUT2D eigenvalue weighted by molar-refractivity contribution is 9.09. The standard InChI is InChI=1S/C11H17BrS/c1-3-11(2,9-12)6-4-10-5-7-13-8-10/h5,7-8H,3-4,6,9H2,1-2H3. The van der Waals surface area contributed by atoms with Gasteiger partial charge in [-0.15, -0.1) is 0 Å². The van der Waals surface area contributed by atoms with Crippen LogP contribution in [0.1, 0.15) is 32.3 Å². The van der Waals surface area contributed by atoms with Crippen LogP contribution in [0.2, 0.25) is 0 Å². The molecule has 1 aromatic heterocycles. The molecule has 1 atom stereocenters. The lowest BCUT2D eigenvalue weighted by atomic mass is 9.84. The summed E-state index contributed by atoms with van der Waals surface area (Å²) < 4.78 is 0. The molecule has 13 heavy (non-hydrogen) atoms. The molecule has 0 aromatic carbocycles. The van der Waals surface area contributed by atoms with Crippen LogP contribution in [0.15, 0.2) is 16.8 Å². The van der Waals surface area contributed by atoms with Gasteiger partial charge in [0.05, 0.1) is 0 Å². The second-order valence-electron chi connectivity index (χ2n) is 3.93. The molecule has 2 heteroatoms. The Balaban J connectivity index is 2.41. The van der Waals surface area contributed by atoms with Crippen molar-refractivity contribution in [2.24, 2.45) is 5.41 Å². The maximum atomic E-state index is 3.60. The van der Waals surface area contributed by atoms with Crippen molar-refractivity contribution in [1.29, 1.82) is 0 Å². The Labute approximate surface area is 93.5 Å². The first-order chi connectivity index (χ1) is 6.20. The number of alkyl halides is 1. The summed E-state index contributed by atoms with van der Waals surface area (Å²) in [4.78, 5) is 0. The smallest absolute Gasteiger partial charge is 0.00853 e. The van der Waals surface area contributed by atoms with Crippen LogP contribution in [-0.4, -0.2) is 5.33 Å². The number of halogens is 1. The monoisotopic (exact) mass is 260 g/mol. The van der Waals surface area contributed by atoms with Crippen LogP contribution < -0.4 is 0 Å². The van der Waals surface area contributed by atoms with Gasteiger partial charge >= 0.3 is 0 Å². The zero-order chi connectivity index (χ0) is 9.73. The van der Waals surface area contributed by atoms with Crippen LogP contribution >= 0.6 is 27.3 Å². The second kappa shape index (κ2) is 5.16. The van der Waals surface area contributed by atoms with Crippen LogP contribution in [0, 0.1) is 5.41 Å². The van der Waals surface area contributed by atoms with Crippen LogP contribution in [0.3, 0.4) is 0 Å². The molecular weight excluding hydrogens is 244 g/mol. The number of rotatable bonds is 5. The molecule has 0 amide bonds. The summed E-state index contributed by atoms with van der Waals surface area (Å²) in [6, 6.07) is 2.23. The average molecular weight is 261 g/mol. The summed E-state index contributed by atoms with van der Waals surface area (Å²) in [5, 5.41) is 5.53. The van der Waals surface area contributed by atoms with Gasteiger partial charge in [-0.25, -0.2) is 0 Å². The van der Waals surface area contributed by atoms with Gasteiger partial charge in [0.25, 0.3) is 0 Å². The Bertz CT molecular complexity index is 224. The lowest BCUT2D eigenvalue weighted by Crippen LogP contribution is -2.17. The fraction of sp³-hybridized carbons (Fsp3) is 0.636. The minimum atomic E-state index is 0.474. The number of thiophene rings is 1. The van der Waals surface area contributed by atoms with Crippen molar-refractivity contribution in [3.8, 4) is 0 Å². The van der Waals surface area contributed by atoms with Gasteiger partial charge < -0.3 is 0 Å². The molecule has 1 rings (SSSR count). The lowest BCUT2D eigenvalue weighted by Gasteiger charge is -2.25. The van der Waals surface area contributed by atoms with Gasteiger partial charge in [0, 0.05) is 5.33 Å². The first-order valence-electron chi connectivity index (χ1n) is 4.77. The van der Waals surface area contributed by atoms with E-state index in [1.807, 2.05) is 0 Å². The molecule has 0 saturated carbocycles. The van der Waals surface area contributed by atoms with Crippen molar-refractivity contribution in [3.05, 3.63) is 22.4 Å². The van der Waals surface area contributed by atoms with Gasteiger partial charge in [0.15, 0.2) is 0 Å². The van der Waals surface area contributed by atoms with Crippen molar-refractivity contribution < 1.29 is 0 Å². The highest BCUT2D eigenvalue weighted by Crippen LogP contribution is 2.29. The van der Waals surface area contributed by atoms with E-state index in [4.69, 9.17) is 0 Å². The molecule has 0 aliphatic heterocycles. The minimum Gasteiger partial charge on any atom is -0.152 e. The Kier molecular flexibility index (Phi) is 4.47. The van der Waals surface area contributed by atoms with Gasteiger partial charge in [-0.1, -0.05) is 29.8 Å². The zero-order valence-electron chi connectivity index (χ0n) is 8.35. The van der Waals surface area contributed by atoms with Gasteiger partial charge in [0.2, 0.25) is 0 Å². The number of hydrogen-bond donors (Lipinski definition) is 0. The maximum absolute atomic E-state index is 3.60. The highest BCUT2D eigenvalue weighted by atomic mass is 79.9. The molecule has 74 valence electrons. The SMILES string of the molecule is CCC(C)(CBr)CCc1ccsc1. The second-order valence-corrected chi connectivity index (χ2v) is 5.27. The largest absolute Gasteiger partial charge is 0.152 e. The third-order valence-corrected chi connectivity index (χ3v) is 4.86. The summed E-state index contributed by atoms with van der Waals surface area (Å²) in [6.45, 7) is 4.63. The predicted molar refractivity (Wildman–Crippen MR) is 64.8 cm³/mol. The molecule has 1 unspecified atom stereocenters. The van der Waals surface area contributed by atoms with E-state index in [0.29, 0.717) is 5.41 Å². The predicted octanol–water partition coefficient (Wildman–Crippen LogP) is 4.49. The van der Waals surface area contributed by atoms with E-state index in [0.717, 1.165) is 5.33 Å². The van der Waals surface area contributed by atoms with Gasteiger partial charge in [-0.05, 0) is 47.1 Å². The fourth-order valence-electron chi connectivity index (χ4n) is 1.22. The van der Waals surface area contributed by atoms with Crippen LogP contribution in [0.4, 0.5) is 0 Å². The molecule has 1 heterocycles. The molecular formula is C11H17BrS. The van der Waals surface area contributed by atoms with Crippen molar-refractivity contribution in [2.75, 3.05) is 5.33 Å². The molecule has 0 aliphatic carbocycles. The molecule has 0 bridgehead atoms. The first-order valence-corrected chi connectivity index (χ1v) is 6.83. The Hall–Kier alpha value is 0.180. The summed E-state index contributed by atoms with van der Waals surface area (Å²) in [7, 11) is 0. The summed E-state index contributed by atoms with van der Waals surface area (Å²) in [6.07, 6.45) is 3.76. The van der Waals surface area contributed by atoms with Crippen molar-refractivity contribution in [2.45, 2.75) is 33.1 Å². The molecule has 0 radical (unpaired) electrons. The van der Waals surface area contributed by atoms with Crippen molar-refractivity contribution >= 4 is 27.3 Å². The summed E-state index contributed by atoms with van der Waals surface area (Å²) in [5.41, 5.74) is 1.97. The molecule has 0 fully saturated rings. The van der Waals surface area contributed by atoms with Crippen molar-refractivity contribution in [3.63, 3.8) is 0 Å². The van der Waals surface area contributed by atoms with E-state index >= 15 is 0 Å². The highest BCUT2D eigenvalue weighted by Gasteiger charge is 2.19. The number of hydrogen-bond acceptors (Lipinski definition) is 1. The Morgan fingerprint density at radius 1 is 1.54 bits per heavy atom. The van der Waals surface area contributed by atoms with Gasteiger partial charge in [-0.3, -0.25) is 0 Å². The molecule has 0 aliphatic rings. The van der Waals surface area contributed by atoms with E-state index in [1.165, 1.54) is 24.8 Å². The maximum Gasteiger partial charge on any atom is 0.00853 e. The van der Waals surface area contributed by atoms with Crippen LogP contribution in [0.25, 0.3) is 0 Å². The van der Waals surface area contributed by atoms with E-state index in [-0.39, 0.29) is 0 Å². The molecule has 0 N–H and O–H groups in total. The zero-order valence-corrected chi connectivity index (χ0v) is 10.7. The minimum absolute atomic E-state index is 0.474. The molecule has 0 nitrogen and oxygen atoms in total. The fourth-order valence-corrected chi connectivity index (χ4v) is 2.60. The van der Waals surface area contributed by atoms with E-state index in [2.05, 4.69) is 46.6 Å². The molecule has 1 aromatic rings. The first kappa shape index (κ1) is 11.3. The normalized spacial score (nSPS) is 15.6. The van der Waals surface area contributed by atoms with E-state index in [9.17, 15) is 0 Å². The van der Waals surface area contributed by atoms with E-state index < -0.39 is 0 Å². The quantitative estimate of drug-likeness (QED) is 0.685. The Morgan fingerprint density at radius 2 is 2.31 bits per heavy atom. The van der Waals surface area contributed by atoms with Crippen molar-refractivity contribution in [1.82, 2.24) is 0 Å². The molecule has 0 spiro atoms. The van der Waals surface area contributed by atoms with Crippen LogP contribution in [-0.2, 0) is 6.42 Å². The van der Waals surface area contributed by atoms with Gasteiger partial charge in [0.1, 0.15) is 0 Å². The number of aryl methyl sites for hydroxylation is 1. The summed E-state index contributed by atoms with van der Waals surface area (Å²) in [5.74, 6) is 0. The third kappa shape index (κ3) is 3.43. The summed E-state index contributed by atoms with van der Waals surface area (Å²) >= 11 is 5.39. The third-order valence-electron chi connectivity index (χ3n) is 2.77. The average Bonchev–Trinajstić information content (AvgIpc) is 2.67. The van der Waals surface area contributed by atoms with E-state index in [1.54, 1.807) is 11.3 Å². The lowest BCUT2D eigenvalue weighted by molar-refractivity contribution is 0.334. The van der Waals surface area contributed by atoms with Crippen LogP contribution in [0.5, 0.6) is 0 Å². The topological polar surface area (TPSA) is 0 Å². The van der Waals surface area contributed by atoms with Gasteiger partial charge in [-0.2, -0.15) is 11.3 Å². The molecule has 0 saturated heterocycles.